The van der Waals surface area contributed by atoms with Gasteiger partial charge in [0.05, 0.1) is 25.5 Å². The first-order chi connectivity index (χ1) is 16.0. The molecule has 7 heteroatoms. The zero-order valence-corrected chi connectivity index (χ0v) is 18.5. The molecule has 3 aromatic carbocycles. The van der Waals surface area contributed by atoms with Crippen LogP contribution in [-0.2, 0) is 0 Å². The van der Waals surface area contributed by atoms with Gasteiger partial charge in [0.25, 0.3) is 5.91 Å². The highest BCUT2D eigenvalue weighted by Crippen LogP contribution is 2.35. The second-order valence-electron chi connectivity index (χ2n) is 7.33. The Hall–Kier alpha value is -4.39. The van der Waals surface area contributed by atoms with Gasteiger partial charge in [-0.15, -0.1) is 0 Å². The quantitative estimate of drug-likeness (QED) is 0.408. The first-order valence-electron chi connectivity index (χ1n) is 10.3. The van der Waals surface area contributed by atoms with Crippen LogP contribution in [0.3, 0.4) is 0 Å². The van der Waals surface area contributed by atoms with Crippen LogP contribution in [0.2, 0.25) is 0 Å². The van der Waals surface area contributed by atoms with Crippen LogP contribution in [0.4, 0.5) is 5.69 Å². The number of carbonyl (C=O) groups is 2. The maximum Gasteiger partial charge on any atom is 0.259 e. The summed E-state index contributed by atoms with van der Waals surface area (Å²) < 4.78 is 12.6. The monoisotopic (exact) mass is 441 g/mol. The second kappa shape index (κ2) is 9.40. The number of benzene rings is 3. The third kappa shape index (κ3) is 4.62. The molecule has 0 atom stereocenters. The SMILES string of the molecule is COc1ccc(OC)c(-c2nn(-c3ccccc3)cc2C(=O)Nc2cccc(C(C)=O)c2)c1. The summed E-state index contributed by atoms with van der Waals surface area (Å²) in [6.07, 6.45) is 1.67. The molecule has 0 saturated heterocycles. The molecule has 0 saturated carbocycles. The van der Waals surface area contributed by atoms with Crippen molar-refractivity contribution in [2.24, 2.45) is 0 Å². The lowest BCUT2D eigenvalue weighted by Gasteiger charge is -2.11. The molecule has 1 amide bonds. The number of Topliss-reactive ketones (excluding diaryl/α,β-unsaturated/α-hetero) is 1. The molecule has 7 nitrogen and oxygen atoms in total. The van der Waals surface area contributed by atoms with Gasteiger partial charge in [-0.3, -0.25) is 9.59 Å². The predicted octanol–water partition coefficient (Wildman–Crippen LogP) is 5.01. The third-order valence-corrected chi connectivity index (χ3v) is 5.17. The molecular formula is C26H23N3O4. The zero-order chi connectivity index (χ0) is 23.4. The molecule has 1 aromatic heterocycles. The second-order valence-corrected chi connectivity index (χ2v) is 7.33. The van der Waals surface area contributed by atoms with Crippen LogP contribution in [0.1, 0.15) is 27.6 Å². The predicted molar refractivity (Wildman–Crippen MR) is 127 cm³/mol. The summed E-state index contributed by atoms with van der Waals surface area (Å²) >= 11 is 0. The number of nitrogens with one attached hydrogen (secondary N) is 1. The first kappa shape index (κ1) is 21.8. The maximum atomic E-state index is 13.4. The van der Waals surface area contributed by atoms with E-state index in [2.05, 4.69) is 5.32 Å². The fraction of sp³-hybridized carbons (Fsp3) is 0.115. The number of aromatic nitrogens is 2. The Morgan fingerprint density at radius 3 is 2.39 bits per heavy atom. The molecule has 1 heterocycles. The van der Waals surface area contributed by atoms with Crippen molar-refractivity contribution in [3.05, 3.63) is 90.1 Å². The van der Waals surface area contributed by atoms with Crippen LogP contribution in [0.15, 0.2) is 79.0 Å². The topological polar surface area (TPSA) is 82.4 Å². The number of para-hydroxylation sites is 1. The molecule has 166 valence electrons. The molecule has 0 spiro atoms. The molecule has 0 radical (unpaired) electrons. The van der Waals surface area contributed by atoms with Crippen LogP contribution in [0, 0.1) is 0 Å². The highest BCUT2D eigenvalue weighted by atomic mass is 16.5. The van der Waals surface area contributed by atoms with Crippen LogP contribution in [0.5, 0.6) is 11.5 Å². The van der Waals surface area contributed by atoms with Gasteiger partial charge in [-0.2, -0.15) is 5.10 Å². The Labute approximate surface area is 191 Å². The smallest absolute Gasteiger partial charge is 0.259 e. The van der Waals surface area contributed by atoms with Crippen molar-refractivity contribution in [3.63, 3.8) is 0 Å². The Kier molecular flexibility index (Phi) is 6.22. The van der Waals surface area contributed by atoms with Crippen LogP contribution >= 0.6 is 0 Å². The number of methoxy groups -OCH3 is 2. The standard InChI is InChI=1S/C26H23N3O4/c1-17(30)18-8-7-9-19(14-18)27-26(31)23-16-29(20-10-5-4-6-11-20)28-25(23)22-15-21(32-2)12-13-24(22)33-3/h4-16H,1-3H3,(H,27,31). The Morgan fingerprint density at radius 1 is 0.909 bits per heavy atom. The van der Waals surface area contributed by atoms with Crippen molar-refractivity contribution in [2.75, 3.05) is 19.5 Å². The van der Waals surface area contributed by atoms with Gasteiger partial charge in [0.15, 0.2) is 5.78 Å². The van der Waals surface area contributed by atoms with E-state index in [1.165, 1.54) is 6.92 Å². The summed E-state index contributed by atoms with van der Waals surface area (Å²) in [5, 5.41) is 7.59. The highest BCUT2D eigenvalue weighted by molar-refractivity contribution is 6.09. The molecular weight excluding hydrogens is 418 g/mol. The number of amides is 1. The van der Waals surface area contributed by atoms with Gasteiger partial charge in [0.2, 0.25) is 0 Å². The lowest BCUT2D eigenvalue weighted by atomic mass is 10.1. The average Bonchev–Trinajstić information content (AvgIpc) is 3.30. The van der Waals surface area contributed by atoms with E-state index < -0.39 is 0 Å². The van der Waals surface area contributed by atoms with Crippen molar-refractivity contribution in [3.8, 4) is 28.4 Å². The lowest BCUT2D eigenvalue weighted by molar-refractivity contribution is 0.101. The van der Waals surface area contributed by atoms with E-state index in [-0.39, 0.29) is 11.7 Å². The van der Waals surface area contributed by atoms with E-state index >= 15 is 0 Å². The minimum absolute atomic E-state index is 0.0789. The van der Waals surface area contributed by atoms with Crippen molar-refractivity contribution < 1.29 is 19.1 Å². The van der Waals surface area contributed by atoms with E-state index in [9.17, 15) is 9.59 Å². The molecule has 4 aromatic rings. The molecule has 33 heavy (non-hydrogen) atoms. The van der Waals surface area contributed by atoms with Gasteiger partial charge >= 0.3 is 0 Å². The zero-order valence-electron chi connectivity index (χ0n) is 18.5. The minimum atomic E-state index is -0.363. The molecule has 0 aliphatic carbocycles. The van der Waals surface area contributed by atoms with E-state index in [1.54, 1.807) is 67.6 Å². The van der Waals surface area contributed by atoms with Crippen LogP contribution in [0.25, 0.3) is 16.9 Å². The largest absolute Gasteiger partial charge is 0.497 e. The summed E-state index contributed by atoms with van der Waals surface area (Å²) in [4.78, 5) is 25.1. The number of ketones is 1. The van der Waals surface area contributed by atoms with Crippen molar-refractivity contribution >= 4 is 17.4 Å². The number of anilines is 1. The number of ether oxygens (including phenoxy) is 2. The van der Waals surface area contributed by atoms with E-state index in [4.69, 9.17) is 14.6 Å². The summed E-state index contributed by atoms with van der Waals surface area (Å²) in [7, 11) is 3.14. The van der Waals surface area contributed by atoms with E-state index in [0.29, 0.717) is 39.6 Å². The van der Waals surface area contributed by atoms with Gasteiger partial charge in [-0.1, -0.05) is 30.3 Å². The minimum Gasteiger partial charge on any atom is -0.497 e. The van der Waals surface area contributed by atoms with Crippen molar-refractivity contribution in [2.45, 2.75) is 6.92 Å². The van der Waals surface area contributed by atoms with E-state index in [1.807, 2.05) is 30.3 Å². The Balaban J connectivity index is 1.82. The summed E-state index contributed by atoms with van der Waals surface area (Å²) in [5.41, 5.74) is 3.24. The highest BCUT2D eigenvalue weighted by Gasteiger charge is 2.22. The molecule has 0 unspecified atom stereocenters. The maximum absolute atomic E-state index is 13.4. The summed E-state index contributed by atoms with van der Waals surface area (Å²) in [6, 6.07) is 21.7. The van der Waals surface area contributed by atoms with Gasteiger partial charge in [-0.05, 0) is 49.4 Å². The average molecular weight is 441 g/mol. The summed E-state index contributed by atoms with van der Waals surface area (Å²) in [5.74, 6) is 0.727. The van der Waals surface area contributed by atoms with Crippen LogP contribution in [-0.4, -0.2) is 35.7 Å². The van der Waals surface area contributed by atoms with Crippen LogP contribution < -0.4 is 14.8 Å². The fourth-order valence-electron chi connectivity index (χ4n) is 3.47. The molecule has 0 fully saturated rings. The molecule has 0 aliphatic rings. The number of rotatable bonds is 7. The number of hydrogen-bond donors (Lipinski definition) is 1. The number of nitrogens with zero attached hydrogens (tertiary/aromatic N) is 2. The first-order valence-corrected chi connectivity index (χ1v) is 10.3. The molecule has 4 rings (SSSR count). The van der Waals surface area contributed by atoms with Crippen molar-refractivity contribution in [1.82, 2.24) is 9.78 Å². The Bertz CT molecular complexity index is 1310. The third-order valence-electron chi connectivity index (χ3n) is 5.17. The normalized spacial score (nSPS) is 10.5. The molecule has 1 N–H and O–H groups in total. The fourth-order valence-corrected chi connectivity index (χ4v) is 3.47. The van der Waals surface area contributed by atoms with Crippen molar-refractivity contribution in [1.29, 1.82) is 0 Å². The van der Waals surface area contributed by atoms with Gasteiger partial charge in [0, 0.05) is 23.0 Å². The van der Waals surface area contributed by atoms with E-state index in [0.717, 1.165) is 5.69 Å². The molecule has 0 bridgehead atoms. The number of carbonyl (C=O) groups excluding carboxylic acids is 2. The molecule has 0 aliphatic heterocycles. The van der Waals surface area contributed by atoms with Gasteiger partial charge < -0.3 is 14.8 Å². The summed E-state index contributed by atoms with van der Waals surface area (Å²) in [6.45, 7) is 1.48. The Morgan fingerprint density at radius 2 is 1.70 bits per heavy atom. The van der Waals surface area contributed by atoms with Gasteiger partial charge in [-0.25, -0.2) is 4.68 Å². The van der Waals surface area contributed by atoms with Gasteiger partial charge in [0.1, 0.15) is 17.2 Å². The lowest BCUT2D eigenvalue weighted by Crippen LogP contribution is -2.13. The number of hydrogen-bond acceptors (Lipinski definition) is 5.